The minimum atomic E-state index is -1.08. The van der Waals surface area contributed by atoms with Crippen LogP contribution >= 0.6 is 0 Å². The summed E-state index contributed by atoms with van der Waals surface area (Å²) >= 11 is 0. The predicted molar refractivity (Wildman–Crippen MR) is 37.9 cm³/mol. The number of hydrogen-bond donors (Lipinski definition) is 3. The number of carbonyl (C=O) groups is 1. The molecule has 5 nitrogen and oxygen atoms in total. The van der Waals surface area contributed by atoms with Crippen molar-refractivity contribution in [1.82, 2.24) is 9.97 Å². The van der Waals surface area contributed by atoms with E-state index in [9.17, 15) is 4.79 Å². The van der Waals surface area contributed by atoms with E-state index < -0.39 is 12.0 Å². The third-order valence-electron chi connectivity index (χ3n) is 1.24. The highest BCUT2D eigenvalue weighted by molar-refractivity contribution is 5.73. The molecule has 0 saturated heterocycles. The molecule has 0 unspecified atom stereocenters. The highest BCUT2D eigenvalue weighted by atomic mass is 16.4. The second-order valence-corrected chi connectivity index (χ2v) is 2.14. The predicted octanol–water partition coefficient (Wildman–Crippen LogP) is -0.636. The molecule has 1 rings (SSSR count). The Kier molecular flexibility index (Phi) is 1.82. The largest absolute Gasteiger partial charge is 0.480 e. The summed E-state index contributed by atoms with van der Waals surface area (Å²) in [7, 11) is 0. The van der Waals surface area contributed by atoms with Crippen LogP contribution in [0.2, 0.25) is 0 Å². The highest BCUT2D eigenvalue weighted by Crippen LogP contribution is 1.95. The zero-order valence-electron chi connectivity index (χ0n) is 6.74. The maximum absolute atomic E-state index is 10.3. The summed E-state index contributed by atoms with van der Waals surface area (Å²) in [4.78, 5) is 16.6. The van der Waals surface area contributed by atoms with Gasteiger partial charge in [0.05, 0.1) is 7.70 Å². The third kappa shape index (κ3) is 2.05. The van der Waals surface area contributed by atoms with E-state index in [0.29, 0.717) is 5.69 Å². The van der Waals surface area contributed by atoms with Gasteiger partial charge in [-0.2, -0.15) is 0 Å². The van der Waals surface area contributed by atoms with Crippen LogP contribution < -0.4 is 5.73 Å². The normalized spacial score (nSPS) is 14.1. The Balaban J connectivity index is 2.64. The Hall–Kier alpha value is -1.36. The maximum Gasteiger partial charge on any atom is 0.320 e. The van der Waals surface area contributed by atoms with Crippen molar-refractivity contribution in [3.8, 4) is 0 Å². The molecule has 0 fully saturated rings. The molecule has 0 bridgehead atoms. The number of imidazole rings is 1. The minimum Gasteiger partial charge on any atom is -0.480 e. The van der Waals surface area contributed by atoms with Crippen molar-refractivity contribution in [3.05, 3.63) is 18.2 Å². The van der Waals surface area contributed by atoms with E-state index in [4.69, 9.17) is 12.2 Å². The Bertz CT molecular complexity index is 286. The molecule has 5 heteroatoms. The second kappa shape index (κ2) is 3.16. The summed E-state index contributed by atoms with van der Waals surface area (Å²) in [6.07, 6.45) is 1.49. The van der Waals surface area contributed by atoms with Gasteiger partial charge in [-0.05, 0) is 0 Å². The Morgan fingerprint density at radius 2 is 2.82 bits per heavy atom. The van der Waals surface area contributed by atoms with Gasteiger partial charge in [0.2, 0.25) is 0 Å². The van der Waals surface area contributed by atoms with Gasteiger partial charge in [0.25, 0.3) is 0 Å². The lowest BCUT2D eigenvalue weighted by molar-refractivity contribution is -0.138. The molecule has 4 N–H and O–H groups in total. The van der Waals surface area contributed by atoms with E-state index in [1.54, 1.807) is 0 Å². The van der Waals surface area contributed by atoms with Gasteiger partial charge in [0, 0.05) is 18.3 Å². The molecule has 60 valence electrons. The van der Waals surface area contributed by atoms with Crippen molar-refractivity contribution < 1.29 is 11.3 Å². The summed E-state index contributed by atoms with van der Waals surface area (Å²) in [5, 5.41) is 8.45. The van der Waals surface area contributed by atoms with E-state index >= 15 is 0 Å². The molecule has 0 amide bonds. The van der Waals surface area contributed by atoms with Gasteiger partial charge in [-0.15, -0.1) is 0 Å². The fraction of sp³-hybridized carbons (Fsp3) is 0.333. The van der Waals surface area contributed by atoms with E-state index in [0.717, 1.165) is 0 Å². The molecule has 11 heavy (non-hydrogen) atoms. The van der Waals surface area contributed by atoms with E-state index in [1.807, 2.05) is 0 Å². The number of aliphatic carboxylic acids is 1. The second-order valence-electron chi connectivity index (χ2n) is 2.14. The molecule has 0 aliphatic rings. The number of aromatic amines is 1. The van der Waals surface area contributed by atoms with Crippen LogP contribution in [0, 0.1) is 0 Å². The lowest BCUT2D eigenvalue weighted by Crippen LogP contribution is -2.32. The molecule has 1 aromatic rings. The fourth-order valence-corrected chi connectivity index (χ4v) is 0.664. The van der Waals surface area contributed by atoms with Crippen LogP contribution in [0.3, 0.4) is 0 Å². The first-order valence-corrected chi connectivity index (χ1v) is 3.08. The average molecular weight is 157 g/mol. The number of nitrogens with one attached hydrogen (secondary N) is 1. The van der Waals surface area contributed by atoms with E-state index in [2.05, 4.69) is 9.97 Å². The van der Waals surface area contributed by atoms with Crippen molar-refractivity contribution in [2.75, 3.05) is 0 Å². The van der Waals surface area contributed by atoms with Crippen LogP contribution in [-0.2, 0) is 11.2 Å². The topological polar surface area (TPSA) is 92.0 Å². The smallest absolute Gasteiger partial charge is 0.320 e. The average Bonchev–Trinajstić information content (AvgIpc) is 2.36. The van der Waals surface area contributed by atoms with Crippen molar-refractivity contribution in [1.29, 1.82) is 0 Å². The molecule has 0 aromatic carbocycles. The van der Waals surface area contributed by atoms with Crippen molar-refractivity contribution in [2.45, 2.75) is 12.5 Å². The number of H-pyrrole nitrogens is 1. The lowest BCUT2D eigenvalue weighted by atomic mass is 10.2. The van der Waals surface area contributed by atoms with Crippen LogP contribution in [0.4, 0.5) is 0 Å². The first-order valence-electron chi connectivity index (χ1n) is 3.58. The van der Waals surface area contributed by atoms with Crippen molar-refractivity contribution in [2.24, 2.45) is 5.73 Å². The Morgan fingerprint density at radius 3 is 3.27 bits per heavy atom. The maximum atomic E-state index is 10.3. The summed E-state index contributed by atoms with van der Waals surface area (Å²) in [5.74, 6) is -1.08. The lowest BCUT2D eigenvalue weighted by Gasteiger charge is -2.02. The molecule has 1 aromatic heterocycles. The van der Waals surface area contributed by atoms with Crippen LogP contribution in [0.15, 0.2) is 12.5 Å². The summed E-state index contributed by atoms with van der Waals surface area (Å²) in [6.45, 7) is 0. The first-order chi connectivity index (χ1) is 5.61. The molecule has 0 aliphatic carbocycles. The zero-order valence-corrected chi connectivity index (χ0v) is 5.74. The fourth-order valence-electron chi connectivity index (χ4n) is 0.664. The molecule has 0 saturated carbocycles. The van der Waals surface area contributed by atoms with Crippen LogP contribution in [0.1, 0.15) is 7.06 Å². The number of rotatable bonds is 3. The number of hydrogen-bond acceptors (Lipinski definition) is 3. The monoisotopic (exact) mass is 157 g/mol. The molecule has 0 radical (unpaired) electrons. The summed E-state index contributed by atoms with van der Waals surface area (Å²) in [6, 6.07) is -0.977. The molecular formula is C6H9N3O2. The standard InChI is InChI=1S/C6H9N3O2/c7-5(6(10)11)1-4-2-8-3-9-4/h2-3,5H,1,7H2,(H,8,9)(H,10,11)/t5-/m0/s1/i2T. The molecule has 0 aliphatic heterocycles. The van der Waals surface area contributed by atoms with Gasteiger partial charge < -0.3 is 15.8 Å². The van der Waals surface area contributed by atoms with E-state index in [1.165, 1.54) is 6.33 Å². The Morgan fingerprint density at radius 1 is 2.09 bits per heavy atom. The highest BCUT2D eigenvalue weighted by Gasteiger charge is 2.11. The van der Waals surface area contributed by atoms with Gasteiger partial charge in [-0.25, -0.2) is 4.98 Å². The third-order valence-corrected chi connectivity index (χ3v) is 1.24. The SMILES string of the molecule is [3H]c1nc[nH]c1C[C@H](N)C(=O)O. The first kappa shape index (κ1) is 6.36. The summed E-state index contributed by atoms with van der Waals surface area (Å²) in [5.41, 5.74) is 5.69. The van der Waals surface area contributed by atoms with Gasteiger partial charge in [-0.3, -0.25) is 4.79 Å². The number of carboxylic acids is 1. The van der Waals surface area contributed by atoms with Crippen LogP contribution in [-0.4, -0.2) is 27.1 Å². The minimum absolute atomic E-state index is 0.0479. The summed E-state index contributed by atoms with van der Waals surface area (Å²) < 4.78 is 7.19. The molecule has 1 atom stereocenters. The zero-order chi connectivity index (χ0) is 9.14. The van der Waals surface area contributed by atoms with E-state index in [-0.39, 0.29) is 12.6 Å². The number of carboxylic acid groups (broad SMARTS) is 1. The number of nitrogens with zero attached hydrogens (tertiary/aromatic N) is 1. The Labute approximate surface area is 64.7 Å². The number of nitrogens with two attached hydrogens (primary N) is 1. The molecule has 0 spiro atoms. The van der Waals surface area contributed by atoms with Gasteiger partial charge in [-0.1, -0.05) is 0 Å². The molecule has 1 heterocycles. The van der Waals surface area contributed by atoms with Gasteiger partial charge in [0.1, 0.15) is 6.04 Å². The van der Waals surface area contributed by atoms with Crippen molar-refractivity contribution in [3.63, 3.8) is 0 Å². The van der Waals surface area contributed by atoms with Gasteiger partial charge >= 0.3 is 5.97 Å². The molecular weight excluding hydrogens is 146 g/mol. The van der Waals surface area contributed by atoms with Crippen LogP contribution in [0.5, 0.6) is 0 Å². The van der Waals surface area contributed by atoms with Crippen molar-refractivity contribution >= 4 is 5.97 Å². The quantitative estimate of drug-likeness (QED) is 0.544. The van der Waals surface area contributed by atoms with Crippen LogP contribution in [0.25, 0.3) is 0 Å². The number of aromatic nitrogens is 2. The van der Waals surface area contributed by atoms with Gasteiger partial charge in [0.15, 0.2) is 0 Å².